The normalized spacial score (nSPS) is 24.2. The standard InChI is InChI=1S/C17H22ClN5O2/c1-10-6-14(20-25-10)15-13(16(18)22(3)19-15)9-23-7-11-4-5-12(8-23)21(2)17(11)24/h6,11-12H,4-5,7-9H2,1-3H3/t11-,12+/m0/s1. The number of hydrogen-bond donors (Lipinski definition) is 0. The fraction of sp³-hybridized carbons (Fsp3) is 0.588. The van der Waals surface area contributed by atoms with Crippen LogP contribution >= 0.6 is 11.6 Å². The van der Waals surface area contributed by atoms with E-state index in [2.05, 4.69) is 15.2 Å². The van der Waals surface area contributed by atoms with Crippen LogP contribution < -0.4 is 0 Å². The van der Waals surface area contributed by atoms with E-state index < -0.39 is 0 Å². The van der Waals surface area contributed by atoms with Crippen molar-refractivity contribution in [2.24, 2.45) is 13.0 Å². The van der Waals surface area contributed by atoms with Gasteiger partial charge in [-0.2, -0.15) is 5.10 Å². The largest absolute Gasteiger partial charge is 0.361 e. The van der Waals surface area contributed by atoms with Gasteiger partial charge in [-0.25, -0.2) is 0 Å². The van der Waals surface area contributed by atoms with E-state index in [1.165, 1.54) is 0 Å². The molecular weight excluding hydrogens is 342 g/mol. The number of halogens is 1. The number of hydrogen-bond acceptors (Lipinski definition) is 5. The summed E-state index contributed by atoms with van der Waals surface area (Å²) in [5.74, 6) is 1.09. The monoisotopic (exact) mass is 363 g/mol. The number of amides is 1. The van der Waals surface area contributed by atoms with E-state index in [1.807, 2.05) is 32.0 Å². The van der Waals surface area contributed by atoms with Crippen LogP contribution in [0.1, 0.15) is 24.2 Å². The Kier molecular flexibility index (Phi) is 4.08. The van der Waals surface area contributed by atoms with Crippen molar-refractivity contribution in [2.75, 3.05) is 20.1 Å². The van der Waals surface area contributed by atoms with Crippen molar-refractivity contribution < 1.29 is 9.32 Å². The quantitative estimate of drug-likeness (QED) is 0.835. The maximum absolute atomic E-state index is 12.4. The van der Waals surface area contributed by atoms with Gasteiger partial charge in [-0.15, -0.1) is 0 Å². The number of carbonyl (C=O) groups is 1. The van der Waals surface area contributed by atoms with E-state index in [1.54, 1.807) is 4.68 Å². The molecule has 8 heteroatoms. The first-order chi connectivity index (χ1) is 11.9. The summed E-state index contributed by atoms with van der Waals surface area (Å²) >= 11 is 6.51. The van der Waals surface area contributed by atoms with Crippen LogP contribution in [0.5, 0.6) is 0 Å². The van der Waals surface area contributed by atoms with Crippen LogP contribution in [-0.4, -0.2) is 56.8 Å². The van der Waals surface area contributed by atoms with Crippen LogP contribution in [0.3, 0.4) is 0 Å². The molecule has 3 fully saturated rings. The first-order valence-electron chi connectivity index (χ1n) is 8.58. The lowest BCUT2D eigenvalue weighted by Crippen LogP contribution is -2.45. The van der Waals surface area contributed by atoms with Gasteiger partial charge in [0.1, 0.15) is 22.3 Å². The lowest BCUT2D eigenvalue weighted by atomic mass is 9.95. The second kappa shape index (κ2) is 6.14. The predicted molar refractivity (Wildman–Crippen MR) is 93.0 cm³/mol. The molecule has 7 nitrogen and oxygen atoms in total. The molecule has 0 unspecified atom stereocenters. The minimum absolute atomic E-state index is 0.0805. The fourth-order valence-electron chi connectivity index (χ4n) is 3.97. The van der Waals surface area contributed by atoms with E-state index >= 15 is 0 Å². The maximum Gasteiger partial charge on any atom is 0.227 e. The Labute approximate surface area is 151 Å². The van der Waals surface area contributed by atoms with Crippen molar-refractivity contribution in [1.82, 2.24) is 24.7 Å². The van der Waals surface area contributed by atoms with Crippen LogP contribution in [0.4, 0.5) is 0 Å². The first-order valence-corrected chi connectivity index (χ1v) is 8.96. The lowest BCUT2D eigenvalue weighted by molar-refractivity contribution is -0.138. The van der Waals surface area contributed by atoms with Gasteiger partial charge >= 0.3 is 0 Å². The molecule has 25 heavy (non-hydrogen) atoms. The smallest absolute Gasteiger partial charge is 0.227 e. The summed E-state index contributed by atoms with van der Waals surface area (Å²) in [5, 5.41) is 9.22. The Morgan fingerprint density at radius 3 is 2.84 bits per heavy atom. The average molecular weight is 364 g/mol. The molecule has 0 saturated carbocycles. The Hall–Kier alpha value is -1.86. The molecule has 0 N–H and O–H groups in total. The molecule has 0 aromatic carbocycles. The summed E-state index contributed by atoms with van der Waals surface area (Å²) in [6.07, 6.45) is 2.04. The second-order valence-corrected chi connectivity index (χ2v) is 7.49. The molecular formula is C17H22ClN5O2. The molecule has 0 radical (unpaired) electrons. The van der Waals surface area contributed by atoms with Gasteiger partial charge in [0.2, 0.25) is 5.91 Å². The topological polar surface area (TPSA) is 67.4 Å². The average Bonchev–Trinajstić information content (AvgIpc) is 3.00. The zero-order valence-electron chi connectivity index (χ0n) is 14.7. The second-order valence-electron chi connectivity index (χ2n) is 7.14. The number of carbonyl (C=O) groups excluding carboxylic acids is 1. The van der Waals surface area contributed by atoms with E-state index in [4.69, 9.17) is 16.1 Å². The number of likely N-dealkylation sites (N-methyl/N-ethyl adjacent to an activating group) is 1. The maximum atomic E-state index is 12.4. The SMILES string of the molecule is Cc1cc(-c2nn(C)c(Cl)c2CN2C[C@@H]3CC[C@H](C2)N(C)C3=O)no1. The third-order valence-electron chi connectivity index (χ3n) is 5.36. The molecule has 2 aromatic heterocycles. The summed E-state index contributed by atoms with van der Waals surface area (Å²) in [6, 6.07) is 2.14. The number of nitrogens with zero attached hydrogens (tertiary/aromatic N) is 5. The van der Waals surface area contributed by atoms with E-state index in [-0.39, 0.29) is 17.9 Å². The first kappa shape index (κ1) is 16.6. The molecule has 2 bridgehead atoms. The Morgan fingerprint density at radius 1 is 1.32 bits per heavy atom. The minimum Gasteiger partial charge on any atom is -0.361 e. The molecule has 5 rings (SSSR count). The van der Waals surface area contributed by atoms with Crippen LogP contribution in [0.2, 0.25) is 5.15 Å². The molecule has 2 aromatic rings. The van der Waals surface area contributed by atoms with Gasteiger partial charge in [0.25, 0.3) is 0 Å². The molecule has 0 aliphatic carbocycles. The van der Waals surface area contributed by atoms with E-state index in [9.17, 15) is 4.79 Å². The highest BCUT2D eigenvalue weighted by atomic mass is 35.5. The highest BCUT2D eigenvalue weighted by molar-refractivity contribution is 6.30. The Bertz CT molecular complexity index is 814. The highest BCUT2D eigenvalue weighted by Gasteiger charge is 2.39. The van der Waals surface area contributed by atoms with Crippen molar-refractivity contribution in [3.63, 3.8) is 0 Å². The van der Waals surface area contributed by atoms with Crippen LogP contribution in [0, 0.1) is 12.8 Å². The van der Waals surface area contributed by atoms with Gasteiger partial charge in [0.05, 0.1) is 5.92 Å². The van der Waals surface area contributed by atoms with Gasteiger partial charge in [-0.1, -0.05) is 16.8 Å². The number of rotatable bonds is 3. The molecule has 3 saturated heterocycles. The molecule has 0 spiro atoms. The van der Waals surface area contributed by atoms with Crippen LogP contribution in [-0.2, 0) is 18.4 Å². The van der Waals surface area contributed by atoms with Crippen molar-refractivity contribution in [1.29, 1.82) is 0 Å². The van der Waals surface area contributed by atoms with Gasteiger partial charge in [0.15, 0.2) is 0 Å². The van der Waals surface area contributed by atoms with Gasteiger partial charge in [-0.05, 0) is 19.8 Å². The van der Waals surface area contributed by atoms with Crippen molar-refractivity contribution >= 4 is 17.5 Å². The molecule has 2 atom stereocenters. The van der Waals surface area contributed by atoms with Crippen LogP contribution in [0.15, 0.2) is 10.6 Å². The molecule has 1 amide bonds. The van der Waals surface area contributed by atoms with E-state index in [0.29, 0.717) is 17.4 Å². The number of aromatic nitrogens is 3. The van der Waals surface area contributed by atoms with Gasteiger partial charge in [0, 0.05) is 51.4 Å². The predicted octanol–water partition coefficient (Wildman–Crippen LogP) is 2.09. The summed E-state index contributed by atoms with van der Waals surface area (Å²) in [4.78, 5) is 16.6. The third-order valence-corrected chi connectivity index (χ3v) is 5.83. The lowest BCUT2D eigenvalue weighted by Gasteiger charge is -2.32. The minimum atomic E-state index is 0.0805. The van der Waals surface area contributed by atoms with Crippen molar-refractivity contribution in [3.8, 4) is 11.4 Å². The third kappa shape index (κ3) is 2.85. The summed E-state index contributed by atoms with van der Waals surface area (Å²) in [6.45, 7) is 4.14. The summed E-state index contributed by atoms with van der Waals surface area (Å²) in [5.41, 5.74) is 2.38. The number of aryl methyl sites for hydroxylation is 2. The zero-order valence-corrected chi connectivity index (χ0v) is 15.5. The molecule has 5 heterocycles. The fourth-order valence-corrected chi connectivity index (χ4v) is 4.16. The number of piperidine rings is 1. The summed E-state index contributed by atoms with van der Waals surface area (Å²) in [7, 11) is 3.75. The van der Waals surface area contributed by atoms with Crippen molar-refractivity contribution in [2.45, 2.75) is 32.4 Å². The molecule has 134 valence electrons. The number of fused-ring (bicyclic) bond motifs is 4. The van der Waals surface area contributed by atoms with Gasteiger partial charge < -0.3 is 9.42 Å². The highest BCUT2D eigenvalue weighted by Crippen LogP contribution is 2.33. The zero-order chi connectivity index (χ0) is 17.7. The van der Waals surface area contributed by atoms with Crippen LogP contribution in [0.25, 0.3) is 11.4 Å². The molecule has 3 aliphatic rings. The summed E-state index contributed by atoms with van der Waals surface area (Å²) < 4.78 is 6.86. The molecule has 3 aliphatic heterocycles. The van der Waals surface area contributed by atoms with Gasteiger partial charge in [-0.3, -0.25) is 14.4 Å². The van der Waals surface area contributed by atoms with E-state index in [0.717, 1.165) is 42.9 Å². The Balaban J connectivity index is 1.64. The Morgan fingerprint density at radius 2 is 2.12 bits per heavy atom. The van der Waals surface area contributed by atoms with Crippen molar-refractivity contribution in [3.05, 3.63) is 22.5 Å².